The largest absolute Gasteiger partial charge is 0.491 e. The second-order valence-corrected chi connectivity index (χ2v) is 6.26. The molecule has 1 aliphatic rings. The molecule has 0 heterocycles. The van der Waals surface area contributed by atoms with Crippen molar-refractivity contribution in [1.29, 1.82) is 0 Å². The molecule has 0 bridgehead atoms. The van der Waals surface area contributed by atoms with E-state index in [0.717, 1.165) is 11.7 Å². The fourth-order valence-electron chi connectivity index (χ4n) is 3.37. The first-order valence-corrected chi connectivity index (χ1v) is 8.14. The zero-order valence-corrected chi connectivity index (χ0v) is 13.2. The van der Waals surface area contributed by atoms with Crippen molar-refractivity contribution >= 4 is 0 Å². The maximum absolute atomic E-state index is 5.83. The molecule has 0 spiro atoms. The highest BCUT2D eigenvalue weighted by Crippen LogP contribution is 2.34. The predicted octanol–water partition coefficient (Wildman–Crippen LogP) is 4.70. The van der Waals surface area contributed by atoms with E-state index in [1.807, 2.05) is 0 Å². The number of ether oxygens (including phenoxy) is 1. The molecule has 20 heavy (non-hydrogen) atoms. The fraction of sp³-hybridized carbons (Fsp3) is 0.667. The molecule has 1 aromatic carbocycles. The third-order valence-corrected chi connectivity index (χ3v) is 4.27. The summed E-state index contributed by atoms with van der Waals surface area (Å²) in [5, 5.41) is 3.54. The van der Waals surface area contributed by atoms with Gasteiger partial charge in [-0.1, -0.05) is 37.8 Å². The lowest BCUT2D eigenvalue weighted by Crippen LogP contribution is -2.25. The summed E-state index contributed by atoms with van der Waals surface area (Å²) in [6.07, 6.45) is 8.50. The number of rotatable bonds is 5. The predicted molar refractivity (Wildman–Crippen MR) is 85.2 cm³/mol. The van der Waals surface area contributed by atoms with E-state index in [0.29, 0.717) is 6.04 Å². The van der Waals surface area contributed by atoms with Crippen LogP contribution in [0.25, 0.3) is 0 Å². The van der Waals surface area contributed by atoms with E-state index in [9.17, 15) is 0 Å². The van der Waals surface area contributed by atoms with Gasteiger partial charge in [0.2, 0.25) is 0 Å². The maximum Gasteiger partial charge on any atom is 0.120 e. The van der Waals surface area contributed by atoms with E-state index in [4.69, 9.17) is 4.74 Å². The van der Waals surface area contributed by atoms with Crippen LogP contribution in [0.15, 0.2) is 24.3 Å². The molecule has 2 rings (SSSR count). The summed E-state index contributed by atoms with van der Waals surface area (Å²) in [7, 11) is 2.09. The van der Waals surface area contributed by atoms with Gasteiger partial charge in [-0.25, -0.2) is 0 Å². The first-order valence-electron chi connectivity index (χ1n) is 8.14. The summed E-state index contributed by atoms with van der Waals surface area (Å²) in [5.41, 5.74) is 1.37. The average Bonchev–Trinajstić information content (AvgIpc) is 2.68. The lowest BCUT2D eigenvalue weighted by molar-refractivity contribution is 0.241. The van der Waals surface area contributed by atoms with Crippen molar-refractivity contribution in [2.24, 2.45) is 5.92 Å². The van der Waals surface area contributed by atoms with Crippen LogP contribution in [0.1, 0.15) is 64.0 Å². The van der Waals surface area contributed by atoms with Gasteiger partial charge < -0.3 is 10.1 Å². The Bertz CT molecular complexity index is 394. The Morgan fingerprint density at radius 3 is 2.40 bits per heavy atom. The third kappa shape index (κ3) is 4.24. The molecule has 0 radical (unpaired) electrons. The van der Waals surface area contributed by atoms with Crippen molar-refractivity contribution in [1.82, 2.24) is 5.32 Å². The van der Waals surface area contributed by atoms with Crippen molar-refractivity contribution in [3.05, 3.63) is 29.8 Å². The van der Waals surface area contributed by atoms with Crippen LogP contribution < -0.4 is 10.1 Å². The summed E-state index contributed by atoms with van der Waals surface area (Å²) >= 11 is 0. The van der Waals surface area contributed by atoms with E-state index in [-0.39, 0.29) is 6.10 Å². The molecule has 0 amide bonds. The number of hydrogen-bond acceptors (Lipinski definition) is 2. The van der Waals surface area contributed by atoms with E-state index >= 15 is 0 Å². The SMILES string of the molecule is CNC(c1cccc(OC(C)C)c1)C1CCCCCC1. The number of hydrogen-bond donors (Lipinski definition) is 1. The highest BCUT2D eigenvalue weighted by molar-refractivity contribution is 5.31. The average molecular weight is 275 g/mol. The normalized spacial score (nSPS) is 18.8. The molecule has 0 aromatic heterocycles. The molecule has 1 aliphatic carbocycles. The van der Waals surface area contributed by atoms with Gasteiger partial charge in [0.05, 0.1) is 6.10 Å². The van der Waals surface area contributed by atoms with E-state index < -0.39 is 0 Å². The highest BCUT2D eigenvalue weighted by atomic mass is 16.5. The standard InChI is InChI=1S/C18H29NO/c1-14(2)20-17-12-8-11-16(13-17)18(19-3)15-9-6-4-5-7-10-15/h8,11-15,18-19H,4-7,9-10H2,1-3H3. The van der Waals surface area contributed by atoms with Crippen LogP contribution in [0.4, 0.5) is 0 Å². The zero-order chi connectivity index (χ0) is 14.4. The molecule has 1 fully saturated rings. The summed E-state index contributed by atoms with van der Waals surface area (Å²) in [6, 6.07) is 9.09. The summed E-state index contributed by atoms with van der Waals surface area (Å²) in [4.78, 5) is 0. The van der Waals surface area contributed by atoms with Crippen molar-refractivity contribution < 1.29 is 4.74 Å². The van der Waals surface area contributed by atoms with Gasteiger partial charge in [0, 0.05) is 6.04 Å². The third-order valence-electron chi connectivity index (χ3n) is 4.27. The Balaban J connectivity index is 2.13. The number of benzene rings is 1. The Morgan fingerprint density at radius 2 is 1.80 bits per heavy atom. The molecule has 0 aliphatic heterocycles. The summed E-state index contributed by atoms with van der Waals surface area (Å²) < 4.78 is 5.83. The van der Waals surface area contributed by atoms with Gasteiger partial charge in [-0.3, -0.25) is 0 Å². The highest BCUT2D eigenvalue weighted by Gasteiger charge is 2.23. The molecule has 2 heteroatoms. The van der Waals surface area contributed by atoms with Crippen LogP contribution in [0.3, 0.4) is 0 Å². The molecule has 112 valence electrons. The molecular weight excluding hydrogens is 246 g/mol. The smallest absolute Gasteiger partial charge is 0.120 e. The van der Waals surface area contributed by atoms with Gasteiger partial charge in [0.1, 0.15) is 5.75 Å². The van der Waals surface area contributed by atoms with Gasteiger partial charge >= 0.3 is 0 Å². The van der Waals surface area contributed by atoms with Crippen molar-refractivity contribution in [2.75, 3.05) is 7.05 Å². The van der Waals surface area contributed by atoms with E-state index in [1.165, 1.54) is 44.1 Å². The molecule has 1 N–H and O–H groups in total. The van der Waals surface area contributed by atoms with Gasteiger partial charge in [0.15, 0.2) is 0 Å². The summed E-state index contributed by atoms with van der Waals surface area (Å²) in [5.74, 6) is 1.75. The fourth-order valence-corrected chi connectivity index (χ4v) is 3.37. The van der Waals surface area contributed by atoms with Crippen LogP contribution >= 0.6 is 0 Å². The van der Waals surface area contributed by atoms with Crippen LogP contribution in [0, 0.1) is 5.92 Å². The van der Waals surface area contributed by atoms with Crippen LogP contribution in [-0.2, 0) is 0 Å². The first-order chi connectivity index (χ1) is 9.70. The first kappa shape index (κ1) is 15.4. The van der Waals surface area contributed by atoms with Crippen molar-refractivity contribution in [2.45, 2.75) is 64.5 Å². The van der Waals surface area contributed by atoms with Crippen molar-refractivity contribution in [3.63, 3.8) is 0 Å². The van der Waals surface area contributed by atoms with Gasteiger partial charge in [0.25, 0.3) is 0 Å². The minimum atomic E-state index is 0.233. The molecule has 1 atom stereocenters. The number of nitrogens with one attached hydrogen (secondary N) is 1. The van der Waals surface area contributed by atoms with Gasteiger partial charge in [-0.2, -0.15) is 0 Å². The quantitative estimate of drug-likeness (QED) is 0.786. The van der Waals surface area contributed by atoms with Crippen LogP contribution in [-0.4, -0.2) is 13.2 Å². The van der Waals surface area contributed by atoms with Crippen LogP contribution in [0.2, 0.25) is 0 Å². The Kier molecular flexibility index (Phi) is 5.90. The summed E-state index contributed by atoms with van der Waals surface area (Å²) in [6.45, 7) is 4.15. The zero-order valence-electron chi connectivity index (χ0n) is 13.2. The Morgan fingerprint density at radius 1 is 1.10 bits per heavy atom. The van der Waals surface area contributed by atoms with E-state index in [1.54, 1.807) is 0 Å². The minimum Gasteiger partial charge on any atom is -0.491 e. The van der Waals surface area contributed by atoms with Crippen molar-refractivity contribution in [3.8, 4) is 5.75 Å². The van der Waals surface area contributed by atoms with Crippen LogP contribution in [0.5, 0.6) is 5.75 Å². The topological polar surface area (TPSA) is 21.3 Å². The molecule has 1 saturated carbocycles. The van der Waals surface area contributed by atoms with Gasteiger partial charge in [-0.05, 0) is 57.4 Å². The molecule has 0 saturated heterocycles. The lowest BCUT2D eigenvalue weighted by Gasteiger charge is -2.26. The minimum absolute atomic E-state index is 0.233. The Labute approximate surface area is 123 Å². The Hall–Kier alpha value is -1.02. The molecule has 2 nitrogen and oxygen atoms in total. The maximum atomic E-state index is 5.83. The molecule has 1 unspecified atom stereocenters. The molecule has 1 aromatic rings. The second kappa shape index (κ2) is 7.68. The van der Waals surface area contributed by atoms with E-state index in [2.05, 4.69) is 50.5 Å². The lowest BCUT2D eigenvalue weighted by atomic mass is 9.87. The van der Waals surface area contributed by atoms with Gasteiger partial charge in [-0.15, -0.1) is 0 Å². The second-order valence-electron chi connectivity index (χ2n) is 6.26. The monoisotopic (exact) mass is 275 g/mol. The molecular formula is C18H29NO.